The van der Waals surface area contributed by atoms with Crippen LogP contribution in [0.1, 0.15) is 142 Å². The van der Waals surface area contributed by atoms with E-state index >= 15 is 0 Å². The maximum absolute atomic E-state index is 12.2. The number of hydrogen-bond donors (Lipinski definition) is 0. The first-order valence-corrected chi connectivity index (χ1v) is 12.4. The monoisotopic (exact) mass is 410 g/mol. The Balaban J connectivity index is 4.51. The Kier molecular flexibility index (Phi) is 18.2. The summed E-state index contributed by atoms with van der Waals surface area (Å²) in [5, 5.41) is 22.7. The highest BCUT2D eigenvalue weighted by molar-refractivity contribution is 5.72. The lowest BCUT2D eigenvalue weighted by Crippen LogP contribution is -2.42. The second-order valence-electron chi connectivity index (χ2n) is 8.89. The first-order valence-electron chi connectivity index (χ1n) is 12.4. The highest BCUT2D eigenvalue weighted by Crippen LogP contribution is 2.37. The van der Waals surface area contributed by atoms with E-state index in [0.29, 0.717) is 12.8 Å². The Morgan fingerprint density at radius 3 is 1.24 bits per heavy atom. The molecule has 4 heteroatoms. The number of aliphatic carboxylic acids is 2. The van der Waals surface area contributed by atoms with Gasteiger partial charge in [-0.25, -0.2) is 0 Å². The van der Waals surface area contributed by atoms with Crippen LogP contribution in [-0.4, -0.2) is 11.9 Å². The van der Waals surface area contributed by atoms with Gasteiger partial charge in [0.2, 0.25) is 0 Å². The molecule has 0 amide bonds. The second-order valence-corrected chi connectivity index (χ2v) is 8.89. The smallest absolute Gasteiger partial charge is 0.0476 e. The molecule has 0 unspecified atom stereocenters. The third-order valence-corrected chi connectivity index (χ3v) is 6.24. The van der Waals surface area contributed by atoms with E-state index < -0.39 is 17.4 Å². The fourth-order valence-electron chi connectivity index (χ4n) is 4.25. The third-order valence-electron chi connectivity index (χ3n) is 6.24. The van der Waals surface area contributed by atoms with Crippen molar-refractivity contribution in [1.29, 1.82) is 0 Å². The zero-order valence-corrected chi connectivity index (χ0v) is 19.3. The summed E-state index contributed by atoms with van der Waals surface area (Å²) in [5.74, 6) is -1.87. The first-order chi connectivity index (χ1) is 14.0. The van der Waals surface area contributed by atoms with E-state index in [9.17, 15) is 19.8 Å². The molecule has 0 aromatic rings. The average molecular weight is 411 g/mol. The van der Waals surface area contributed by atoms with E-state index in [0.717, 1.165) is 57.8 Å². The van der Waals surface area contributed by atoms with Gasteiger partial charge in [0.25, 0.3) is 0 Å². The van der Waals surface area contributed by atoms with Crippen molar-refractivity contribution in [2.75, 3.05) is 0 Å². The molecule has 0 aliphatic heterocycles. The zero-order chi connectivity index (χ0) is 21.8. The van der Waals surface area contributed by atoms with Gasteiger partial charge in [-0.3, -0.25) is 0 Å². The van der Waals surface area contributed by atoms with Crippen molar-refractivity contribution in [1.82, 2.24) is 0 Å². The molecule has 0 aromatic carbocycles. The number of carboxylic acids is 2. The molecule has 0 spiro atoms. The summed E-state index contributed by atoms with van der Waals surface area (Å²) in [4.78, 5) is 22.7. The third kappa shape index (κ3) is 15.4. The Morgan fingerprint density at radius 2 is 0.897 bits per heavy atom. The molecule has 0 saturated heterocycles. The Hall–Kier alpha value is -1.06. The number of carboxylic acid groups (broad SMARTS) is 2. The molecule has 0 aliphatic carbocycles. The molecule has 0 atom stereocenters. The lowest BCUT2D eigenvalue weighted by Gasteiger charge is -2.35. The number of carbonyl (C=O) groups excluding carboxylic acids is 2. The molecule has 0 N–H and O–H groups in total. The molecule has 0 radical (unpaired) electrons. The van der Waals surface area contributed by atoms with Crippen LogP contribution in [-0.2, 0) is 9.59 Å². The standard InChI is InChI=1S/C25H48O4/c1-3-5-7-9-12-16-20-25(24(28)29,21-17-13-10-8-6-4-2)22-18-14-11-15-19-23(26)27/h3-22H2,1-2H3,(H,26,27)(H,28,29)/p-2. The van der Waals surface area contributed by atoms with Gasteiger partial charge in [0.1, 0.15) is 0 Å². The highest BCUT2D eigenvalue weighted by Gasteiger charge is 2.30. The van der Waals surface area contributed by atoms with Gasteiger partial charge < -0.3 is 19.8 Å². The SMILES string of the molecule is CCCCCCCCC(CCCCCCCC)(CCCCCCC(=O)[O-])C(=O)[O-]. The van der Waals surface area contributed by atoms with Crippen LogP contribution in [0.25, 0.3) is 0 Å². The van der Waals surface area contributed by atoms with Crippen LogP contribution in [0, 0.1) is 5.41 Å². The first kappa shape index (κ1) is 27.9. The fourth-order valence-corrected chi connectivity index (χ4v) is 4.25. The van der Waals surface area contributed by atoms with Gasteiger partial charge in [-0.2, -0.15) is 0 Å². The topological polar surface area (TPSA) is 80.3 Å². The minimum absolute atomic E-state index is 0.0984. The maximum atomic E-state index is 12.2. The van der Waals surface area contributed by atoms with E-state index in [-0.39, 0.29) is 6.42 Å². The lowest BCUT2D eigenvalue weighted by molar-refractivity contribution is -0.321. The quantitative estimate of drug-likeness (QED) is 0.226. The normalized spacial score (nSPS) is 11.7. The van der Waals surface area contributed by atoms with Crippen LogP contribution in [0.4, 0.5) is 0 Å². The summed E-state index contributed by atoms with van der Waals surface area (Å²) >= 11 is 0. The average Bonchev–Trinajstić information content (AvgIpc) is 2.68. The van der Waals surface area contributed by atoms with Crippen molar-refractivity contribution in [3.8, 4) is 0 Å². The summed E-state index contributed by atoms with van der Waals surface area (Å²) in [5.41, 5.74) is -0.691. The maximum Gasteiger partial charge on any atom is 0.0476 e. The predicted octanol–water partition coefficient (Wildman–Crippen LogP) is 5.31. The van der Waals surface area contributed by atoms with Crippen LogP contribution < -0.4 is 10.2 Å². The van der Waals surface area contributed by atoms with Crippen molar-refractivity contribution < 1.29 is 19.8 Å². The Labute approximate surface area is 179 Å². The molecule has 0 aromatic heterocycles. The zero-order valence-electron chi connectivity index (χ0n) is 19.3. The number of rotatable bonds is 22. The largest absolute Gasteiger partial charge is 0.550 e. The van der Waals surface area contributed by atoms with Crippen LogP contribution in [0.5, 0.6) is 0 Å². The highest BCUT2D eigenvalue weighted by atomic mass is 16.4. The predicted molar refractivity (Wildman–Crippen MR) is 116 cm³/mol. The molecule has 0 bridgehead atoms. The van der Waals surface area contributed by atoms with Gasteiger partial charge in [0, 0.05) is 17.4 Å². The van der Waals surface area contributed by atoms with Crippen molar-refractivity contribution in [3.05, 3.63) is 0 Å². The van der Waals surface area contributed by atoms with Crippen LogP contribution in [0.3, 0.4) is 0 Å². The van der Waals surface area contributed by atoms with Crippen LogP contribution in [0.15, 0.2) is 0 Å². The molecular formula is C25H46O4-2. The van der Waals surface area contributed by atoms with Crippen molar-refractivity contribution in [2.24, 2.45) is 5.41 Å². The molecule has 4 nitrogen and oxygen atoms in total. The van der Waals surface area contributed by atoms with Gasteiger partial charge in [-0.15, -0.1) is 0 Å². The van der Waals surface area contributed by atoms with Crippen LogP contribution in [0.2, 0.25) is 0 Å². The van der Waals surface area contributed by atoms with E-state index in [1.54, 1.807) is 0 Å². The summed E-state index contributed by atoms with van der Waals surface area (Å²) in [6, 6.07) is 0. The fraction of sp³-hybridized carbons (Fsp3) is 0.920. The van der Waals surface area contributed by atoms with Gasteiger partial charge in [-0.05, 0) is 32.1 Å². The van der Waals surface area contributed by atoms with Crippen molar-refractivity contribution in [3.63, 3.8) is 0 Å². The number of unbranched alkanes of at least 4 members (excludes halogenated alkanes) is 13. The number of hydrogen-bond acceptors (Lipinski definition) is 4. The molecule has 29 heavy (non-hydrogen) atoms. The summed E-state index contributed by atoms with van der Waals surface area (Å²) in [6.07, 6.45) is 19.4. The van der Waals surface area contributed by atoms with E-state index in [4.69, 9.17) is 0 Å². The molecule has 0 saturated carbocycles. The second kappa shape index (κ2) is 18.9. The minimum Gasteiger partial charge on any atom is -0.550 e. The summed E-state index contributed by atoms with van der Waals surface area (Å²) in [7, 11) is 0. The summed E-state index contributed by atoms with van der Waals surface area (Å²) < 4.78 is 0. The van der Waals surface area contributed by atoms with Gasteiger partial charge >= 0.3 is 0 Å². The Bertz CT molecular complexity index is 390. The van der Waals surface area contributed by atoms with Gasteiger partial charge in [-0.1, -0.05) is 110 Å². The molecule has 172 valence electrons. The molecule has 0 fully saturated rings. The van der Waals surface area contributed by atoms with Gasteiger partial charge in [0.05, 0.1) is 0 Å². The van der Waals surface area contributed by atoms with Crippen LogP contribution >= 0.6 is 0 Å². The summed E-state index contributed by atoms with van der Waals surface area (Å²) in [6.45, 7) is 4.41. The van der Waals surface area contributed by atoms with E-state index in [2.05, 4.69) is 13.8 Å². The molecule has 0 heterocycles. The molecule has 0 rings (SSSR count). The van der Waals surface area contributed by atoms with Gasteiger partial charge in [0.15, 0.2) is 0 Å². The molecule has 0 aliphatic rings. The van der Waals surface area contributed by atoms with E-state index in [1.807, 2.05) is 0 Å². The Morgan fingerprint density at radius 1 is 0.552 bits per heavy atom. The van der Waals surface area contributed by atoms with Crippen molar-refractivity contribution >= 4 is 11.9 Å². The number of carbonyl (C=O) groups is 2. The van der Waals surface area contributed by atoms with E-state index in [1.165, 1.54) is 51.4 Å². The molecular weight excluding hydrogens is 364 g/mol. The lowest BCUT2D eigenvalue weighted by atomic mass is 9.74. The van der Waals surface area contributed by atoms with Crippen molar-refractivity contribution in [2.45, 2.75) is 142 Å². The minimum atomic E-state index is -1.000.